The summed E-state index contributed by atoms with van der Waals surface area (Å²) >= 11 is 0. The maximum absolute atomic E-state index is 12.1. The number of sulfonamides is 1. The van der Waals surface area contributed by atoms with Crippen LogP contribution >= 0.6 is 0 Å². The lowest BCUT2D eigenvalue weighted by molar-refractivity contribution is -0.107. The van der Waals surface area contributed by atoms with Gasteiger partial charge in [-0.25, -0.2) is 8.42 Å². The first-order chi connectivity index (χ1) is 7.62. The number of hydrogen-bond acceptors (Lipinski definition) is 3. The van der Waals surface area contributed by atoms with Gasteiger partial charge in [0.05, 0.1) is 0 Å². The molecule has 0 aromatic rings. The van der Waals surface area contributed by atoms with Crippen molar-refractivity contribution in [2.75, 3.05) is 31.9 Å². The third-order valence-corrected chi connectivity index (χ3v) is 4.59. The Morgan fingerprint density at radius 3 is 1.94 bits per heavy atom. The topological polar surface area (TPSA) is 40.6 Å². The Bertz CT molecular complexity index is 346. The molecule has 1 rings (SSSR count). The van der Waals surface area contributed by atoms with E-state index in [9.17, 15) is 21.6 Å². The van der Waals surface area contributed by atoms with Crippen LogP contribution < -0.4 is 0 Å². The number of halogens is 3. The van der Waals surface area contributed by atoms with E-state index < -0.39 is 22.0 Å². The van der Waals surface area contributed by atoms with Gasteiger partial charge in [-0.1, -0.05) is 0 Å². The van der Waals surface area contributed by atoms with E-state index in [-0.39, 0.29) is 19.1 Å². The summed E-state index contributed by atoms with van der Waals surface area (Å²) in [7, 11) is -4.21. The predicted molar refractivity (Wildman–Crippen MR) is 58.1 cm³/mol. The molecular formula is C9H17F3N2O2S. The standard InChI is InChI=1S/C9H17F3N2O2S/c1-8(2)13-3-5-14(6-4-13)17(15,16)7-9(10,11)12/h8H,3-7H2,1-2H3. The first-order valence-corrected chi connectivity index (χ1v) is 7.01. The third kappa shape index (κ3) is 4.44. The first-order valence-electron chi connectivity index (χ1n) is 5.40. The molecule has 0 spiro atoms. The molecule has 0 aromatic carbocycles. The summed E-state index contributed by atoms with van der Waals surface area (Å²) in [5.41, 5.74) is 0. The molecule has 0 aliphatic carbocycles. The highest BCUT2D eigenvalue weighted by molar-refractivity contribution is 7.89. The molecule has 0 amide bonds. The Balaban J connectivity index is 2.59. The molecule has 1 saturated heterocycles. The maximum Gasteiger partial charge on any atom is 0.404 e. The Kier molecular flexibility index (Phi) is 4.43. The average molecular weight is 274 g/mol. The van der Waals surface area contributed by atoms with E-state index in [4.69, 9.17) is 0 Å². The minimum atomic E-state index is -4.67. The van der Waals surface area contributed by atoms with Gasteiger partial charge in [0.2, 0.25) is 10.0 Å². The average Bonchev–Trinajstić information content (AvgIpc) is 2.14. The third-order valence-electron chi connectivity index (χ3n) is 2.74. The molecule has 17 heavy (non-hydrogen) atoms. The van der Waals surface area contributed by atoms with Crippen LogP contribution in [0.1, 0.15) is 13.8 Å². The summed E-state index contributed by atoms with van der Waals surface area (Å²) in [5.74, 6) is -1.76. The van der Waals surface area contributed by atoms with Crippen LogP contribution in [0.3, 0.4) is 0 Å². The molecule has 1 heterocycles. The number of alkyl halides is 3. The molecule has 102 valence electrons. The van der Waals surface area contributed by atoms with Gasteiger partial charge in [0.25, 0.3) is 0 Å². The van der Waals surface area contributed by atoms with Crippen LogP contribution in [0.4, 0.5) is 13.2 Å². The summed E-state index contributed by atoms with van der Waals surface area (Å²) in [6.07, 6.45) is -4.67. The minimum Gasteiger partial charge on any atom is -0.298 e. The maximum atomic E-state index is 12.1. The van der Waals surface area contributed by atoms with Gasteiger partial charge >= 0.3 is 6.18 Å². The highest BCUT2D eigenvalue weighted by atomic mass is 32.2. The molecule has 0 bridgehead atoms. The summed E-state index contributed by atoms with van der Waals surface area (Å²) in [5, 5.41) is 0. The van der Waals surface area contributed by atoms with Crippen molar-refractivity contribution in [2.24, 2.45) is 0 Å². The molecule has 0 aromatic heterocycles. The van der Waals surface area contributed by atoms with Crippen molar-refractivity contribution in [1.29, 1.82) is 0 Å². The fourth-order valence-corrected chi connectivity index (χ4v) is 3.11. The lowest BCUT2D eigenvalue weighted by atomic mass is 10.3. The van der Waals surface area contributed by atoms with Crippen LogP contribution in [0.25, 0.3) is 0 Å². The van der Waals surface area contributed by atoms with Crippen molar-refractivity contribution in [1.82, 2.24) is 9.21 Å². The second-order valence-corrected chi connectivity index (χ2v) is 6.37. The second-order valence-electron chi connectivity index (χ2n) is 4.40. The van der Waals surface area contributed by atoms with Crippen molar-refractivity contribution in [3.8, 4) is 0 Å². The van der Waals surface area contributed by atoms with Crippen molar-refractivity contribution >= 4 is 10.0 Å². The summed E-state index contributed by atoms with van der Waals surface area (Å²) in [6.45, 7) is 5.18. The fourth-order valence-electron chi connectivity index (χ4n) is 1.80. The second kappa shape index (κ2) is 5.11. The Morgan fingerprint density at radius 2 is 1.59 bits per heavy atom. The monoisotopic (exact) mass is 274 g/mol. The van der Waals surface area contributed by atoms with Crippen LogP contribution in [0, 0.1) is 0 Å². The van der Waals surface area contributed by atoms with Crippen molar-refractivity contribution in [3.05, 3.63) is 0 Å². The van der Waals surface area contributed by atoms with Crippen LogP contribution in [0.2, 0.25) is 0 Å². The molecule has 0 radical (unpaired) electrons. The molecule has 0 N–H and O–H groups in total. The summed E-state index contributed by atoms with van der Waals surface area (Å²) in [4.78, 5) is 2.04. The molecule has 1 aliphatic heterocycles. The van der Waals surface area contributed by atoms with Crippen LogP contribution in [-0.2, 0) is 10.0 Å². The largest absolute Gasteiger partial charge is 0.404 e. The summed E-state index contributed by atoms with van der Waals surface area (Å²) in [6, 6.07) is 0.280. The van der Waals surface area contributed by atoms with E-state index >= 15 is 0 Å². The van der Waals surface area contributed by atoms with Crippen LogP contribution in [0.5, 0.6) is 0 Å². The van der Waals surface area contributed by atoms with E-state index in [1.807, 2.05) is 18.7 Å². The lowest BCUT2D eigenvalue weighted by Crippen LogP contribution is -2.52. The smallest absolute Gasteiger partial charge is 0.298 e. The SMILES string of the molecule is CC(C)N1CCN(S(=O)(=O)CC(F)(F)F)CC1. The predicted octanol–water partition coefficient (Wildman–Crippen LogP) is 0.905. The van der Waals surface area contributed by atoms with Gasteiger partial charge in [-0.05, 0) is 13.8 Å². The van der Waals surface area contributed by atoms with E-state index in [1.54, 1.807) is 0 Å². The highest BCUT2D eigenvalue weighted by Crippen LogP contribution is 2.20. The van der Waals surface area contributed by atoms with E-state index in [0.717, 1.165) is 4.31 Å². The number of hydrogen-bond donors (Lipinski definition) is 0. The molecule has 0 unspecified atom stereocenters. The lowest BCUT2D eigenvalue weighted by Gasteiger charge is -2.36. The fraction of sp³-hybridized carbons (Fsp3) is 1.00. The van der Waals surface area contributed by atoms with Gasteiger partial charge in [0, 0.05) is 32.2 Å². The van der Waals surface area contributed by atoms with E-state index in [0.29, 0.717) is 13.1 Å². The Morgan fingerprint density at radius 1 is 1.12 bits per heavy atom. The normalized spacial score (nSPS) is 21.1. The van der Waals surface area contributed by atoms with Crippen molar-refractivity contribution in [3.63, 3.8) is 0 Å². The van der Waals surface area contributed by atoms with E-state index in [1.165, 1.54) is 0 Å². The highest BCUT2D eigenvalue weighted by Gasteiger charge is 2.39. The zero-order valence-corrected chi connectivity index (χ0v) is 10.7. The van der Waals surface area contributed by atoms with E-state index in [2.05, 4.69) is 0 Å². The zero-order valence-electron chi connectivity index (χ0n) is 9.87. The van der Waals surface area contributed by atoms with Crippen molar-refractivity contribution in [2.45, 2.75) is 26.1 Å². The number of nitrogens with zero attached hydrogens (tertiary/aromatic N) is 2. The van der Waals surface area contributed by atoms with Gasteiger partial charge in [-0.3, -0.25) is 4.90 Å². The molecule has 1 fully saturated rings. The molecular weight excluding hydrogens is 257 g/mol. The Labute approximate surface area is 99.4 Å². The van der Waals surface area contributed by atoms with Gasteiger partial charge in [-0.2, -0.15) is 17.5 Å². The first kappa shape index (κ1) is 14.7. The number of piperazine rings is 1. The van der Waals surface area contributed by atoms with Gasteiger partial charge in [0.15, 0.2) is 5.75 Å². The van der Waals surface area contributed by atoms with Crippen molar-refractivity contribution < 1.29 is 21.6 Å². The van der Waals surface area contributed by atoms with Gasteiger partial charge in [0.1, 0.15) is 0 Å². The van der Waals surface area contributed by atoms with Crippen LogP contribution in [-0.4, -0.2) is 61.8 Å². The molecule has 8 heteroatoms. The molecule has 0 atom stereocenters. The molecule has 0 saturated carbocycles. The molecule has 4 nitrogen and oxygen atoms in total. The minimum absolute atomic E-state index is 0.136. The van der Waals surface area contributed by atoms with Crippen LogP contribution in [0.15, 0.2) is 0 Å². The van der Waals surface area contributed by atoms with Gasteiger partial charge in [-0.15, -0.1) is 0 Å². The molecule has 1 aliphatic rings. The summed E-state index contributed by atoms with van der Waals surface area (Å²) < 4.78 is 60.1. The van der Waals surface area contributed by atoms with Gasteiger partial charge < -0.3 is 0 Å². The number of rotatable bonds is 3. The zero-order chi connectivity index (χ0) is 13.3. The quantitative estimate of drug-likeness (QED) is 0.768. The Hall–Kier alpha value is -0.340.